The molecule has 1 saturated carbocycles. The summed E-state index contributed by atoms with van der Waals surface area (Å²) >= 11 is 0. The van der Waals surface area contributed by atoms with Gasteiger partial charge in [-0.1, -0.05) is 49.2 Å². The van der Waals surface area contributed by atoms with Crippen molar-refractivity contribution >= 4 is 27.5 Å². The molecule has 2 amide bonds. The molecule has 1 aliphatic rings. The fourth-order valence-electron chi connectivity index (χ4n) is 4.73. The van der Waals surface area contributed by atoms with Crippen LogP contribution in [0.3, 0.4) is 0 Å². The van der Waals surface area contributed by atoms with Gasteiger partial charge in [0, 0.05) is 31.6 Å². The van der Waals surface area contributed by atoms with Gasteiger partial charge in [-0.25, -0.2) is 8.42 Å². The summed E-state index contributed by atoms with van der Waals surface area (Å²) < 4.78 is 31.5. The highest BCUT2D eigenvalue weighted by Crippen LogP contribution is 2.24. The average molecular weight is 530 g/mol. The van der Waals surface area contributed by atoms with Gasteiger partial charge in [-0.15, -0.1) is 0 Å². The van der Waals surface area contributed by atoms with Gasteiger partial charge < -0.3 is 15.0 Å². The van der Waals surface area contributed by atoms with E-state index in [1.807, 2.05) is 30.3 Å². The van der Waals surface area contributed by atoms with E-state index in [4.69, 9.17) is 4.74 Å². The first-order valence-corrected chi connectivity index (χ1v) is 14.8. The lowest BCUT2D eigenvalue weighted by atomic mass is 10.1. The zero-order valence-corrected chi connectivity index (χ0v) is 22.9. The zero-order valence-electron chi connectivity index (χ0n) is 22.1. The minimum absolute atomic E-state index is 0.131. The van der Waals surface area contributed by atoms with Crippen LogP contribution in [0.4, 0.5) is 5.69 Å². The van der Waals surface area contributed by atoms with Crippen LogP contribution in [0.1, 0.15) is 51.0 Å². The summed E-state index contributed by atoms with van der Waals surface area (Å²) in [4.78, 5) is 28.0. The Labute approximate surface area is 221 Å². The Morgan fingerprint density at radius 3 is 2.41 bits per heavy atom. The normalized spacial score (nSPS) is 14.7. The summed E-state index contributed by atoms with van der Waals surface area (Å²) in [5.74, 6) is 0.253. The van der Waals surface area contributed by atoms with Crippen LogP contribution in [0.2, 0.25) is 0 Å². The number of hydrogen-bond acceptors (Lipinski definition) is 5. The molecule has 0 saturated heterocycles. The van der Waals surface area contributed by atoms with Crippen LogP contribution < -0.4 is 14.4 Å². The second-order valence-corrected chi connectivity index (χ2v) is 11.5. The Morgan fingerprint density at radius 2 is 1.76 bits per heavy atom. The van der Waals surface area contributed by atoms with E-state index in [9.17, 15) is 18.0 Å². The number of benzene rings is 2. The Bertz CT molecular complexity index is 1130. The molecule has 9 heteroatoms. The SMILES string of the molecule is COc1cccc(N(CCCC(=O)N(CCc2ccccc2)[C@H](C)C(=O)NC2CCCC2)S(C)(=O)=O)c1. The fourth-order valence-corrected chi connectivity index (χ4v) is 5.69. The van der Waals surface area contributed by atoms with Gasteiger partial charge in [0.15, 0.2) is 0 Å². The van der Waals surface area contributed by atoms with Crippen molar-refractivity contribution in [3.05, 3.63) is 60.2 Å². The molecule has 0 unspecified atom stereocenters. The maximum Gasteiger partial charge on any atom is 0.242 e. The van der Waals surface area contributed by atoms with Crippen LogP contribution in [0.5, 0.6) is 5.75 Å². The van der Waals surface area contributed by atoms with Crippen molar-refractivity contribution in [3.8, 4) is 5.75 Å². The van der Waals surface area contributed by atoms with Crippen molar-refractivity contribution < 1.29 is 22.7 Å². The lowest BCUT2D eigenvalue weighted by Gasteiger charge is -2.30. The van der Waals surface area contributed by atoms with Crippen molar-refractivity contribution in [3.63, 3.8) is 0 Å². The van der Waals surface area contributed by atoms with Crippen molar-refractivity contribution in [1.82, 2.24) is 10.2 Å². The van der Waals surface area contributed by atoms with E-state index in [0.717, 1.165) is 37.5 Å². The number of ether oxygens (including phenoxy) is 1. The number of nitrogens with zero attached hydrogens (tertiary/aromatic N) is 2. The van der Waals surface area contributed by atoms with Crippen LogP contribution in [-0.4, -0.2) is 63.7 Å². The van der Waals surface area contributed by atoms with Crippen molar-refractivity contribution in [2.75, 3.05) is 30.8 Å². The molecule has 2 aromatic carbocycles. The summed E-state index contributed by atoms with van der Waals surface area (Å²) in [6, 6.07) is 16.3. The van der Waals surface area contributed by atoms with E-state index in [2.05, 4.69) is 5.32 Å². The number of nitrogens with one attached hydrogen (secondary N) is 1. The van der Waals surface area contributed by atoms with Gasteiger partial charge in [0.25, 0.3) is 0 Å². The number of anilines is 1. The molecule has 8 nitrogen and oxygen atoms in total. The Morgan fingerprint density at radius 1 is 1.05 bits per heavy atom. The minimum atomic E-state index is -3.56. The lowest BCUT2D eigenvalue weighted by molar-refractivity contribution is -0.140. The quantitative estimate of drug-likeness (QED) is 0.426. The van der Waals surface area contributed by atoms with Crippen molar-refractivity contribution in [1.29, 1.82) is 0 Å². The Kier molecular flexibility index (Phi) is 10.4. The van der Waals surface area contributed by atoms with Gasteiger partial charge in [0.2, 0.25) is 21.8 Å². The van der Waals surface area contributed by atoms with Crippen LogP contribution in [0.25, 0.3) is 0 Å². The predicted octanol–water partition coefficient (Wildman–Crippen LogP) is 3.76. The van der Waals surface area contributed by atoms with Gasteiger partial charge in [0.05, 0.1) is 19.1 Å². The average Bonchev–Trinajstić information content (AvgIpc) is 3.39. The summed E-state index contributed by atoms with van der Waals surface area (Å²) in [5, 5.41) is 3.11. The van der Waals surface area contributed by atoms with Gasteiger partial charge in [-0.05, 0) is 50.3 Å². The van der Waals surface area contributed by atoms with Crippen LogP contribution in [0, 0.1) is 0 Å². The molecule has 0 heterocycles. The van der Waals surface area contributed by atoms with Crippen molar-refractivity contribution in [2.45, 2.75) is 64.0 Å². The minimum Gasteiger partial charge on any atom is -0.497 e. The maximum atomic E-state index is 13.4. The summed E-state index contributed by atoms with van der Waals surface area (Å²) in [6.45, 7) is 2.33. The van der Waals surface area contributed by atoms with Crippen LogP contribution >= 0.6 is 0 Å². The van der Waals surface area contributed by atoms with Gasteiger partial charge in [-0.3, -0.25) is 13.9 Å². The molecule has 0 aromatic heterocycles. The topological polar surface area (TPSA) is 96.0 Å². The van der Waals surface area contributed by atoms with E-state index in [1.165, 1.54) is 11.4 Å². The molecule has 0 aliphatic heterocycles. The molecule has 2 aromatic rings. The highest BCUT2D eigenvalue weighted by atomic mass is 32.2. The number of sulfonamides is 1. The third-order valence-electron chi connectivity index (χ3n) is 6.85. The predicted molar refractivity (Wildman–Crippen MR) is 146 cm³/mol. The van der Waals surface area contributed by atoms with Gasteiger partial charge >= 0.3 is 0 Å². The highest BCUT2D eigenvalue weighted by Gasteiger charge is 2.28. The maximum absolute atomic E-state index is 13.4. The summed E-state index contributed by atoms with van der Waals surface area (Å²) in [7, 11) is -2.04. The zero-order chi connectivity index (χ0) is 26.8. The van der Waals surface area contributed by atoms with Crippen LogP contribution in [0.15, 0.2) is 54.6 Å². The second-order valence-electron chi connectivity index (χ2n) is 9.63. The third-order valence-corrected chi connectivity index (χ3v) is 8.04. The highest BCUT2D eigenvalue weighted by molar-refractivity contribution is 7.92. The first-order chi connectivity index (χ1) is 17.7. The first-order valence-electron chi connectivity index (χ1n) is 12.9. The number of carbonyl (C=O) groups excluding carboxylic acids is 2. The molecule has 1 aliphatic carbocycles. The van der Waals surface area contributed by atoms with Gasteiger partial charge in [0.1, 0.15) is 11.8 Å². The molecule has 0 radical (unpaired) electrons. The molecule has 1 fully saturated rings. The van der Waals surface area contributed by atoms with Crippen LogP contribution in [-0.2, 0) is 26.0 Å². The number of methoxy groups -OCH3 is 1. The largest absolute Gasteiger partial charge is 0.497 e. The molecule has 0 spiro atoms. The number of carbonyl (C=O) groups is 2. The van der Waals surface area contributed by atoms with Crippen molar-refractivity contribution in [2.24, 2.45) is 0 Å². The molecule has 0 bridgehead atoms. The Hall–Kier alpha value is -3.07. The third kappa shape index (κ3) is 8.49. The fraction of sp³-hybridized carbons (Fsp3) is 0.500. The lowest BCUT2D eigenvalue weighted by Crippen LogP contribution is -2.50. The smallest absolute Gasteiger partial charge is 0.242 e. The van der Waals surface area contributed by atoms with E-state index in [1.54, 1.807) is 36.1 Å². The molecular weight excluding hydrogens is 490 g/mol. The molecule has 1 atom stereocenters. The molecule has 202 valence electrons. The number of hydrogen-bond donors (Lipinski definition) is 1. The second kappa shape index (κ2) is 13.5. The molecular formula is C28H39N3O5S. The Balaban J connectivity index is 1.67. The monoisotopic (exact) mass is 529 g/mol. The number of rotatable bonds is 13. The number of amides is 2. The van der Waals surface area contributed by atoms with E-state index >= 15 is 0 Å². The molecule has 1 N–H and O–H groups in total. The molecule has 3 rings (SSSR count). The standard InChI is InChI=1S/C28H39N3O5S/c1-22(28(33)29-24-13-7-8-14-24)30(20-18-23-11-5-4-6-12-23)27(32)17-10-19-31(37(3,34)35)25-15-9-16-26(21-25)36-2/h4-6,9,11-12,15-16,21-22,24H,7-8,10,13-14,17-20H2,1-3H3,(H,29,33)/t22-/m1/s1. The van der Waals surface area contributed by atoms with E-state index in [-0.39, 0.29) is 30.8 Å². The van der Waals surface area contributed by atoms with Gasteiger partial charge in [-0.2, -0.15) is 0 Å². The van der Waals surface area contributed by atoms with E-state index < -0.39 is 16.1 Å². The van der Waals surface area contributed by atoms with E-state index in [0.29, 0.717) is 30.8 Å². The summed E-state index contributed by atoms with van der Waals surface area (Å²) in [5.41, 5.74) is 1.57. The summed E-state index contributed by atoms with van der Waals surface area (Å²) in [6.07, 6.45) is 6.40. The first kappa shape index (κ1) is 28.5. The molecule has 37 heavy (non-hydrogen) atoms.